The third kappa shape index (κ3) is 3.33. The maximum Gasteiger partial charge on any atom is 0.140 e. The predicted octanol–water partition coefficient (Wildman–Crippen LogP) is 3.90. The minimum absolute atomic E-state index is 0.352. The first-order valence-electron chi connectivity index (χ1n) is 9.95. The van der Waals surface area contributed by atoms with E-state index < -0.39 is 0 Å². The number of aromatic nitrogens is 4. The first-order chi connectivity index (χ1) is 14.2. The molecule has 0 aliphatic carbocycles. The molecule has 1 aliphatic heterocycles. The number of methoxy groups -OCH3 is 1. The zero-order valence-corrected chi connectivity index (χ0v) is 16.6. The molecule has 0 amide bonds. The Kier molecular flexibility index (Phi) is 4.42. The number of benzene rings is 2. The Labute approximate surface area is 169 Å². The minimum atomic E-state index is 0.352. The van der Waals surface area contributed by atoms with Crippen LogP contribution in [0.4, 0.5) is 11.5 Å². The van der Waals surface area contributed by atoms with Crippen molar-refractivity contribution in [2.75, 3.05) is 30.4 Å². The number of nitrogens with one attached hydrogen (secondary N) is 2. The summed E-state index contributed by atoms with van der Waals surface area (Å²) in [6, 6.07) is 10.8. The number of rotatable bonds is 4. The lowest BCUT2D eigenvalue weighted by Crippen LogP contribution is -2.42. The van der Waals surface area contributed by atoms with Crippen molar-refractivity contribution in [2.45, 2.75) is 25.8 Å². The minimum Gasteiger partial charge on any atom is -0.496 e. The van der Waals surface area contributed by atoms with E-state index in [2.05, 4.69) is 60.7 Å². The maximum absolute atomic E-state index is 5.53. The number of hydrogen-bond donors (Lipinski definition) is 2. The summed E-state index contributed by atoms with van der Waals surface area (Å²) in [5.74, 6) is 1.85. The van der Waals surface area contributed by atoms with Gasteiger partial charge in [0.2, 0.25) is 0 Å². The van der Waals surface area contributed by atoms with Crippen molar-refractivity contribution < 1.29 is 4.74 Å². The first kappa shape index (κ1) is 17.7. The van der Waals surface area contributed by atoms with Crippen LogP contribution in [0.1, 0.15) is 18.4 Å². The average molecular weight is 388 g/mol. The van der Waals surface area contributed by atoms with E-state index in [0.717, 1.165) is 70.6 Å². The summed E-state index contributed by atoms with van der Waals surface area (Å²) in [6.07, 6.45) is 5.76. The molecule has 1 unspecified atom stereocenters. The molecule has 0 saturated carbocycles. The molecule has 7 heteroatoms. The van der Waals surface area contributed by atoms with Gasteiger partial charge in [0, 0.05) is 35.6 Å². The highest BCUT2D eigenvalue weighted by Gasteiger charge is 2.23. The van der Waals surface area contributed by atoms with Crippen LogP contribution < -0.4 is 15.0 Å². The highest BCUT2D eigenvalue weighted by molar-refractivity contribution is 5.91. The van der Waals surface area contributed by atoms with E-state index in [9.17, 15) is 0 Å². The lowest BCUT2D eigenvalue weighted by Gasteiger charge is -2.35. The number of fused-ring (bicyclic) bond motifs is 2. The van der Waals surface area contributed by atoms with Crippen LogP contribution in [0, 0.1) is 6.92 Å². The van der Waals surface area contributed by atoms with Gasteiger partial charge in [0.05, 0.1) is 24.3 Å². The second-order valence-electron chi connectivity index (χ2n) is 7.64. The van der Waals surface area contributed by atoms with E-state index in [4.69, 9.17) is 4.74 Å². The van der Waals surface area contributed by atoms with Crippen LogP contribution in [0.2, 0.25) is 0 Å². The Morgan fingerprint density at radius 3 is 3.03 bits per heavy atom. The summed E-state index contributed by atoms with van der Waals surface area (Å²) in [4.78, 5) is 11.5. The summed E-state index contributed by atoms with van der Waals surface area (Å²) in [5.41, 5.74) is 4.21. The number of nitrogens with zero attached hydrogens (tertiary/aromatic N) is 4. The van der Waals surface area contributed by atoms with Gasteiger partial charge >= 0.3 is 0 Å². The van der Waals surface area contributed by atoms with Crippen LogP contribution in [-0.2, 0) is 0 Å². The second kappa shape index (κ2) is 7.24. The molecule has 1 fully saturated rings. The van der Waals surface area contributed by atoms with Crippen LogP contribution in [0.25, 0.3) is 21.8 Å². The number of H-pyrrole nitrogens is 1. The molecule has 0 bridgehead atoms. The molecular formula is C22H24N6O. The molecule has 0 spiro atoms. The highest BCUT2D eigenvalue weighted by Crippen LogP contribution is 2.31. The van der Waals surface area contributed by atoms with E-state index in [1.807, 2.05) is 13.1 Å². The van der Waals surface area contributed by atoms with Gasteiger partial charge in [-0.05, 0) is 55.7 Å². The van der Waals surface area contributed by atoms with Crippen molar-refractivity contribution in [3.8, 4) is 5.75 Å². The molecular weight excluding hydrogens is 364 g/mol. The predicted molar refractivity (Wildman–Crippen MR) is 116 cm³/mol. The Bertz CT molecular complexity index is 1170. The zero-order chi connectivity index (χ0) is 19.8. The van der Waals surface area contributed by atoms with Gasteiger partial charge in [-0.3, -0.25) is 5.10 Å². The zero-order valence-electron chi connectivity index (χ0n) is 16.6. The summed E-state index contributed by atoms with van der Waals surface area (Å²) in [6.45, 7) is 3.92. The van der Waals surface area contributed by atoms with E-state index in [-0.39, 0.29) is 0 Å². The molecule has 3 heterocycles. The van der Waals surface area contributed by atoms with Crippen molar-refractivity contribution >= 4 is 33.3 Å². The summed E-state index contributed by atoms with van der Waals surface area (Å²) < 4.78 is 5.53. The van der Waals surface area contributed by atoms with Crippen LogP contribution in [0.5, 0.6) is 5.75 Å². The molecule has 5 rings (SSSR count). The quantitative estimate of drug-likeness (QED) is 0.552. The van der Waals surface area contributed by atoms with E-state index in [1.165, 1.54) is 0 Å². The molecule has 2 N–H and O–H groups in total. The topological polar surface area (TPSA) is 79.0 Å². The molecule has 29 heavy (non-hydrogen) atoms. The summed E-state index contributed by atoms with van der Waals surface area (Å²) >= 11 is 0. The highest BCUT2D eigenvalue weighted by atomic mass is 16.5. The van der Waals surface area contributed by atoms with Crippen LogP contribution >= 0.6 is 0 Å². The number of aryl methyl sites for hydroxylation is 1. The fourth-order valence-corrected chi connectivity index (χ4v) is 4.20. The summed E-state index contributed by atoms with van der Waals surface area (Å²) in [5, 5.41) is 12.9. The maximum atomic E-state index is 5.53. The molecule has 1 atom stereocenters. The van der Waals surface area contributed by atoms with E-state index in [1.54, 1.807) is 13.4 Å². The van der Waals surface area contributed by atoms with Gasteiger partial charge in [-0.1, -0.05) is 0 Å². The van der Waals surface area contributed by atoms with Gasteiger partial charge in [-0.15, -0.1) is 0 Å². The van der Waals surface area contributed by atoms with Crippen molar-refractivity contribution in [3.63, 3.8) is 0 Å². The first-order valence-corrected chi connectivity index (χ1v) is 9.95. The number of anilines is 2. The van der Waals surface area contributed by atoms with Crippen molar-refractivity contribution in [1.82, 2.24) is 20.2 Å². The van der Waals surface area contributed by atoms with Gasteiger partial charge in [0.1, 0.15) is 17.9 Å². The SMILES string of the molecule is COc1cc2c(N3CCCC(Nc4ccc5[nH]ncc5c4)C3)ncnc2cc1C. The number of ether oxygens (including phenoxy) is 1. The molecule has 7 nitrogen and oxygen atoms in total. The van der Waals surface area contributed by atoms with Crippen molar-refractivity contribution in [1.29, 1.82) is 0 Å². The Hall–Kier alpha value is -3.35. The smallest absolute Gasteiger partial charge is 0.140 e. The lowest BCUT2D eigenvalue weighted by atomic mass is 10.0. The average Bonchev–Trinajstić information content (AvgIpc) is 3.21. The second-order valence-corrected chi connectivity index (χ2v) is 7.64. The Balaban J connectivity index is 1.41. The number of aromatic amines is 1. The van der Waals surface area contributed by atoms with Crippen molar-refractivity contribution in [2.24, 2.45) is 0 Å². The van der Waals surface area contributed by atoms with E-state index >= 15 is 0 Å². The third-order valence-electron chi connectivity index (χ3n) is 5.66. The van der Waals surface area contributed by atoms with Crippen LogP contribution in [-0.4, -0.2) is 46.4 Å². The van der Waals surface area contributed by atoms with Gasteiger partial charge in [-0.2, -0.15) is 5.10 Å². The third-order valence-corrected chi connectivity index (χ3v) is 5.66. The fraction of sp³-hybridized carbons (Fsp3) is 0.318. The van der Waals surface area contributed by atoms with Gasteiger partial charge in [-0.25, -0.2) is 9.97 Å². The summed E-state index contributed by atoms with van der Waals surface area (Å²) in [7, 11) is 1.70. The monoisotopic (exact) mass is 388 g/mol. The van der Waals surface area contributed by atoms with Crippen LogP contribution in [0.3, 0.4) is 0 Å². The van der Waals surface area contributed by atoms with Crippen molar-refractivity contribution in [3.05, 3.63) is 48.4 Å². The van der Waals surface area contributed by atoms with Gasteiger partial charge in [0.25, 0.3) is 0 Å². The molecule has 1 aliphatic rings. The van der Waals surface area contributed by atoms with E-state index in [0.29, 0.717) is 6.04 Å². The van der Waals surface area contributed by atoms with Crippen LogP contribution in [0.15, 0.2) is 42.9 Å². The normalized spacial score (nSPS) is 17.0. The van der Waals surface area contributed by atoms with Gasteiger partial charge in [0.15, 0.2) is 0 Å². The molecule has 0 radical (unpaired) electrons. The standard InChI is InChI=1S/C22H24N6O/c1-14-8-20-18(10-21(14)29-2)22(24-13-23-20)28-7-3-4-17(12-28)26-16-5-6-19-15(9-16)11-25-27-19/h5-6,8-11,13,17,26H,3-4,7,12H2,1-2H3,(H,25,27). The number of piperidine rings is 1. The molecule has 2 aromatic heterocycles. The largest absolute Gasteiger partial charge is 0.496 e. The fourth-order valence-electron chi connectivity index (χ4n) is 4.20. The lowest BCUT2D eigenvalue weighted by molar-refractivity contribution is 0.412. The Morgan fingerprint density at radius 2 is 2.14 bits per heavy atom. The molecule has 4 aromatic rings. The molecule has 148 valence electrons. The Morgan fingerprint density at radius 1 is 1.21 bits per heavy atom. The number of hydrogen-bond acceptors (Lipinski definition) is 6. The molecule has 1 saturated heterocycles. The molecule has 2 aromatic carbocycles. The van der Waals surface area contributed by atoms with Gasteiger partial charge < -0.3 is 15.0 Å².